The Morgan fingerprint density at radius 1 is 1.35 bits per heavy atom. The third kappa shape index (κ3) is 3.28. The lowest BCUT2D eigenvalue weighted by molar-refractivity contribution is 0.203. The van der Waals surface area contributed by atoms with E-state index in [-0.39, 0.29) is 11.9 Å². The van der Waals surface area contributed by atoms with Crippen LogP contribution in [0.25, 0.3) is 10.2 Å². The minimum Gasteiger partial charge on any atom is -0.337 e. The number of carbonyl (C=O) groups is 1. The van der Waals surface area contributed by atoms with E-state index in [1.807, 2.05) is 32.0 Å². The van der Waals surface area contributed by atoms with E-state index in [4.69, 9.17) is 0 Å². The van der Waals surface area contributed by atoms with E-state index >= 15 is 0 Å². The van der Waals surface area contributed by atoms with Gasteiger partial charge in [-0.3, -0.25) is 0 Å². The predicted octanol–water partition coefficient (Wildman–Crippen LogP) is 3.45. The molecule has 2 rings (SSSR count). The fourth-order valence-electron chi connectivity index (χ4n) is 2.05. The number of thiazole rings is 1. The van der Waals surface area contributed by atoms with Crippen molar-refractivity contribution in [1.82, 2.24) is 15.2 Å². The SMILES string of the molecule is CCN(CC)C(=O)NCC(C)c1nc2ccccc2s1. The molecule has 0 bridgehead atoms. The summed E-state index contributed by atoms with van der Waals surface area (Å²) in [4.78, 5) is 18.3. The molecular weight excluding hydrogens is 270 g/mol. The first-order valence-electron chi connectivity index (χ1n) is 7.04. The number of urea groups is 1. The molecular formula is C15H21N3OS. The molecule has 1 aromatic heterocycles. The van der Waals surface area contributed by atoms with E-state index < -0.39 is 0 Å². The highest BCUT2D eigenvalue weighted by Crippen LogP contribution is 2.26. The van der Waals surface area contributed by atoms with E-state index in [1.165, 1.54) is 4.70 Å². The highest BCUT2D eigenvalue weighted by molar-refractivity contribution is 7.18. The van der Waals surface area contributed by atoms with Crippen molar-refractivity contribution in [2.75, 3.05) is 19.6 Å². The first-order valence-corrected chi connectivity index (χ1v) is 7.85. The molecule has 2 aromatic rings. The molecule has 0 aliphatic carbocycles. The largest absolute Gasteiger partial charge is 0.337 e. The highest BCUT2D eigenvalue weighted by atomic mass is 32.1. The van der Waals surface area contributed by atoms with Gasteiger partial charge in [0.2, 0.25) is 0 Å². The first-order chi connectivity index (χ1) is 9.65. The van der Waals surface area contributed by atoms with Crippen molar-refractivity contribution in [3.63, 3.8) is 0 Å². The van der Waals surface area contributed by atoms with E-state index in [1.54, 1.807) is 16.2 Å². The molecule has 4 nitrogen and oxygen atoms in total. The molecule has 20 heavy (non-hydrogen) atoms. The molecule has 2 amide bonds. The molecule has 1 unspecified atom stereocenters. The van der Waals surface area contributed by atoms with Crippen molar-refractivity contribution in [2.24, 2.45) is 0 Å². The molecule has 108 valence electrons. The average molecular weight is 291 g/mol. The third-order valence-corrected chi connectivity index (χ3v) is 4.61. The Balaban J connectivity index is 1.98. The fourth-order valence-corrected chi connectivity index (χ4v) is 3.07. The van der Waals surface area contributed by atoms with E-state index in [9.17, 15) is 4.79 Å². The van der Waals surface area contributed by atoms with Gasteiger partial charge in [0.15, 0.2) is 0 Å². The van der Waals surface area contributed by atoms with Crippen LogP contribution in [0.5, 0.6) is 0 Å². The van der Waals surface area contributed by atoms with Gasteiger partial charge in [-0.2, -0.15) is 0 Å². The lowest BCUT2D eigenvalue weighted by Crippen LogP contribution is -2.41. The van der Waals surface area contributed by atoms with Crippen molar-refractivity contribution >= 4 is 27.6 Å². The highest BCUT2D eigenvalue weighted by Gasteiger charge is 2.14. The van der Waals surface area contributed by atoms with Crippen molar-refractivity contribution in [1.29, 1.82) is 0 Å². The van der Waals surface area contributed by atoms with Crippen LogP contribution in [0.4, 0.5) is 4.79 Å². The van der Waals surface area contributed by atoms with Gasteiger partial charge in [0.25, 0.3) is 0 Å². The summed E-state index contributed by atoms with van der Waals surface area (Å²) in [5.74, 6) is 0.229. The Bertz CT molecular complexity index is 544. The minimum atomic E-state index is 0.00274. The Hall–Kier alpha value is -1.62. The van der Waals surface area contributed by atoms with E-state index in [0.29, 0.717) is 6.54 Å². The van der Waals surface area contributed by atoms with Crippen LogP contribution in [0.15, 0.2) is 24.3 Å². The maximum atomic E-state index is 11.9. The van der Waals surface area contributed by atoms with Crippen LogP contribution in [0.3, 0.4) is 0 Å². The summed E-state index contributed by atoms with van der Waals surface area (Å²) >= 11 is 1.70. The number of nitrogens with zero attached hydrogens (tertiary/aromatic N) is 2. The number of carbonyl (C=O) groups excluding carboxylic acids is 1. The number of benzene rings is 1. The van der Waals surface area contributed by atoms with Crippen LogP contribution in [0.1, 0.15) is 31.7 Å². The lowest BCUT2D eigenvalue weighted by Gasteiger charge is -2.20. The van der Waals surface area contributed by atoms with Crippen molar-refractivity contribution in [3.8, 4) is 0 Å². The van der Waals surface area contributed by atoms with Crippen LogP contribution in [0.2, 0.25) is 0 Å². The van der Waals surface area contributed by atoms with Gasteiger partial charge in [0.1, 0.15) is 0 Å². The van der Waals surface area contributed by atoms with Gasteiger partial charge in [0, 0.05) is 25.6 Å². The zero-order valence-corrected chi connectivity index (χ0v) is 13.0. The Morgan fingerprint density at radius 3 is 2.70 bits per heavy atom. The summed E-state index contributed by atoms with van der Waals surface area (Å²) in [6.07, 6.45) is 0. The molecule has 0 spiro atoms. The first kappa shape index (κ1) is 14.8. The van der Waals surface area contributed by atoms with Crippen LogP contribution in [-0.4, -0.2) is 35.5 Å². The second kappa shape index (κ2) is 6.70. The number of para-hydroxylation sites is 1. The van der Waals surface area contributed by atoms with Crippen LogP contribution >= 0.6 is 11.3 Å². The van der Waals surface area contributed by atoms with E-state index in [2.05, 4.69) is 23.3 Å². The standard InChI is InChI=1S/C15H21N3OS/c1-4-18(5-2)15(19)16-10-11(3)14-17-12-8-6-7-9-13(12)20-14/h6-9,11H,4-5,10H2,1-3H3,(H,16,19). The van der Waals surface area contributed by atoms with Gasteiger partial charge >= 0.3 is 6.03 Å². The number of hydrogen-bond donors (Lipinski definition) is 1. The minimum absolute atomic E-state index is 0.00274. The molecule has 0 saturated carbocycles. The second-order valence-corrected chi connectivity index (χ2v) is 5.84. The normalized spacial score (nSPS) is 12.3. The van der Waals surface area contributed by atoms with Gasteiger partial charge in [-0.15, -0.1) is 11.3 Å². The monoisotopic (exact) mass is 291 g/mol. The van der Waals surface area contributed by atoms with Gasteiger partial charge in [-0.05, 0) is 26.0 Å². The van der Waals surface area contributed by atoms with Gasteiger partial charge in [0.05, 0.1) is 15.2 Å². The zero-order valence-electron chi connectivity index (χ0n) is 12.2. The molecule has 1 aromatic carbocycles. The molecule has 1 N–H and O–H groups in total. The molecule has 5 heteroatoms. The lowest BCUT2D eigenvalue weighted by atomic mass is 10.2. The smallest absolute Gasteiger partial charge is 0.317 e. The van der Waals surface area contributed by atoms with Crippen molar-refractivity contribution in [3.05, 3.63) is 29.3 Å². The third-order valence-electron chi connectivity index (χ3n) is 3.34. The maximum absolute atomic E-state index is 11.9. The van der Waals surface area contributed by atoms with Crippen LogP contribution in [-0.2, 0) is 0 Å². The number of aromatic nitrogens is 1. The number of rotatable bonds is 5. The van der Waals surface area contributed by atoms with Crippen molar-refractivity contribution < 1.29 is 4.79 Å². The summed E-state index contributed by atoms with van der Waals surface area (Å²) < 4.78 is 1.20. The van der Waals surface area contributed by atoms with Gasteiger partial charge < -0.3 is 10.2 Å². The maximum Gasteiger partial charge on any atom is 0.317 e. The Morgan fingerprint density at radius 2 is 2.05 bits per heavy atom. The molecule has 1 atom stereocenters. The average Bonchev–Trinajstić information content (AvgIpc) is 2.90. The van der Waals surface area contributed by atoms with E-state index in [0.717, 1.165) is 23.6 Å². The molecule has 0 aliphatic rings. The molecule has 0 aliphatic heterocycles. The predicted molar refractivity (Wildman–Crippen MR) is 84.4 cm³/mol. The van der Waals surface area contributed by atoms with Crippen LogP contribution in [0, 0.1) is 0 Å². The zero-order chi connectivity index (χ0) is 14.5. The van der Waals surface area contributed by atoms with Gasteiger partial charge in [-0.25, -0.2) is 9.78 Å². The van der Waals surface area contributed by atoms with Gasteiger partial charge in [-0.1, -0.05) is 19.1 Å². The molecule has 0 radical (unpaired) electrons. The number of fused-ring (bicyclic) bond motifs is 1. The molecule has 0 fully saturated rings. The number of amides is 2. The Labute approximate surface area is 123 Å². The molecule has 0 saturated heterocycles. The summed E-state index contributed by atoms with van der Waals surface area (Å²) in [5.41, 5.74) is 1.04. The summed E-state index contributed by atoms with van der Waals surface area (Å²) in [6, 6.07) is 8.13. The fraction of sp³-hybridized carbons (Fsp3) is 0.467. The summed E-state index contributed by atoms with van der Waals surface area (Å²) in [5, 5.41) is 4.06. The quantitative estimate of drug-likeness (QED) is 0.917. The molecule has 1 heterocycles. The number of hydrogen-bond acceptors (Lipinski definition) is 3. The van der Waals surface area contributed by atoms with Crippen molar-refractivity contribution in [2.45, 2.75) is 26.7 Å². The number of nitrogens with one attached hydrogen (secondary N) is 1. The second-order valence-electron chi connectivity index (χ2n) is 4.78. The summed E-state index contributed by atoms with van der Waals surface area (Å²) in [7, 11) is 0. The topological polar surface area (TPSA) is 45.2 Å². The Kier molecular flexibility index (Phi) is 4.95. The summed E-state index contributed by atoms with van der Waals surface area (Å²) in [6.45, 7) is 8.16. The van der Waals surface area contributed by atoms with Crippen LogP contribution < -0.4 is 5.32 Å².